The average Bonchev–Trinajstić information content (AvgIpc) is 2.35. The molecule has 0 radical (unpaired) electrons. The van der Waals surface area contributed by atoms with E-state index in [9.17, 15) is 0 Å². The summed E-state index contributed by atoms with van der Waals surface area (Å²) in [5.74, 6) is 0.845. The highest BCUT2D eigenvalue weighted by Gasteiger charge is 1.93. The third-order valence-corrected chi connectivity index (χ3v) is 3.75. The van der Waals surface area contributed by atoms with E-state index in [4.69, 9.17) is 11.6 Å². The van der Waals surface area contributed by atoms with E-state index < -0.39 is 0 Å². The van der Waals surface area contributed by atoms with E-state index in [1.807, 2.05) is 0 Å². The fourth-order valence-corrected chi connectivity index (χ4v) is 2.48. The first kappa shape index (κ1) is 28.3. The second-order valence-corrected chi connectivity index (χ2v) is 5.66. The fourth-order valence-electron chi connectivity index (χ4n) is 2.29. The summed E-state index contributed by atoms with van der Waals surface area (Å²) < 4.78 is 0. The summed E-state index contributed by atoms with van der Waals surface area (Å²) in [5, 5.41) is 0. The lowest BCUT2D eigenvalue weighted by Gasteiger charge is -2.02. The van der Waals surface area contributed by atoms with Gasteiger partial charge in [-0.2, -0.15) is 0 Å². The van der Waals surface area contributed by atoms with E-state index in [1.54, 1.807) is 0 Å². The van der Waals surface area contributed by atoms with Gasteiger partial charge in [-0.15, -0.1) is 11.6 Å². The molecule has 0 saturated carbocycles. The van der Waals surface area contributed by atoms with E-state index in [0.717, 1.165) is 5.88 Å². The van der Waals surface area contributed by atoms with Gasteiger partial charge in [0, 0.05) is 5.88 Å². The van der Waals surface area contributed by atoms with Gasteiger partial charge in [0.2, 0.25) is 0 Å². The van der Waals surface area contributed by atoms with Crippen molar-refractivity contribution in [1.29, 1.82) is 0 Å². The fraction of sp³-hybridized carbons (Fsp3) is 1.00. The second kappa shape index (κ2) is 27.5. The van der Waals surface area contributed by atoms with Gasteiger partial charge >= 0.3 is 0 Å². The Morgan fingerprint density at radius 2 is 0.700 bits per heavy atom. The molecule has 0 atom stereocenters. The van der Waals surface area contributed by atoms with Crippen LogP contribution in [0.1, 0.15) is 96.8 Å². The lowest BCUT2D eigenvalue weighted by Crippen LogP contribution is -1.83. The van der Waals surface area contributed by atoms with Gasteiger partial charge in [-0.25, -0.2) is 0 Å². The van der Waals surface area contributed by atoms with Crippen LogP contribution in [0.5, 0.6) is 0 Å². The maximum Gasteiger partial charge on any atom is 0.0223 e. The molecule has 0 aromatic carbocycles. The summed E-state index contributed by atoms with van der Waals surface area (Å²) in [7, 11) is 0. The minimum absolute atomic E-state index is 0. The number of rotatable bonds is 14. The molecule has 0 rings (SSSR count). The third kappa shape index (κ3) is 26.7. The highest BCUT2D eigenvalue weighted by atomic mass is 35.5. The molecular formula is C16H42ClN3. The Morgan fingerprint density at radius 3 is 0.950 bits per heavy atom. The summed E-state index contributed by atoms with van der Waals surface area (Å²) in [6.07, 6.45) is 19.8. The number of unbranched alkanes of at least 4 members (excludes halogenated alkanes) is 13. The van der Waals surface area contributed by atoms with Crippen LogP contribution in [0.3, 0.4) is 0 Å². The van der Waals surface area contributed by atoms with Crippen molar-refractivity contribution in [3.05, 3.63) is 0 Å². The molecule has 9 N–H and O–H groups in total. The summed E-state index contributed by atoms with van der Waals surface area (Å²) in [5.41, 5.74) is 0. The maximum absolute atomic E-state index is 5.64. The molecule has 0 aliphatic heterocycles. The van der Waals surface area contributed by atoms with Gasteiger partial charge in [0.25, 0.3) is 0 Å². The molecule has 0 aromatic heterocycles. The summed E-state index contributed by atoms with van der Waals surface area (Å²) in [4.78, 5) is 0. The Morgan fingerprint density at radius 1 is 0.450 bits per heavy atom. The topological polar surface area (TPSA) is 105 Å². The lowest BCUT2D eigenvalue weighted by molar-refractivity contribution is 0.538. The van der Waals surface area contributed by atoms with Crippen molar-refractivity contribution in [2.75, 3.05) is 5.88 Å². The monoisotopic (exact) mass is 311 g/mol. The summed E-state index contributed by atoms with van der Waals surface area (Å²) in [6.45, 7) is 2.28. The SMILES string of the molecule is CCCCCCCCCCCCCCCCCl.N.N.N. The van der Waals surface area contributed by atoms with Crippen molar-refractivity contribution in [2.45, 2.75) is 96.8 Å². The smallest absolute Gasteiger partial charge is 0.0223 e. The van der Waals surface area contributed by atoms with Crippen LogP contribution in [0.15, 0.2) is 0 Å². The molecule has 0 fully saturated rings. The highest BCUT2D eigenvalue weighted by Crippen LogP contribution is 2.12. The number of halogens is 1. The number of alkyl halides is 1. The molecule has 0 aromatic rings. The molecule has 0 aliphatic carbocycles. The third-order valence-electron chi connectivity index (χ3n) is 3.49. The quantitative estimate of drug-likeness (QED) is 0.233. The number of hydrogen-bond acceptors (Lipinski definition) is 3. The maximum atomic E-state index is 5.64. The van der Waals surface area contributed by atoms with Gasteiger partial charge in [0.1, 0.15) is 0 Å². The van der Waals surface area contributed by atoms with Gasteiger partial charge in [0.15, 0.2) is 0 Å². The molecule has 0 bridgehead atoms. The summed E-state index contributed by atoms with van der Waals surface area (Å²) in [6, 6.07) is 0. The molecule has 0 amide bonds. The van der Waals surface area contributed by atoms with E-state index in [2.05, 4.69) is 6.92 Å². The molecule has 0 heterocycles. The van der Waals surface area contributed by atoms with E-state index in [-0.39, 0.29) is 18.5 Å². The van der Waals surface area contributed by atoms with Crippen LogP contribution in [-0.4, -0.2) is 5.88 Å². The van der Waals surface area contributed by atoms with E-state index in [1.165, 1.54) is 89.9 Å². The minimum atomic E-state index is 0. The molecule has 128 valence electrons. The first-order valence-corrected chi connectivity index (χ1v) is 8.51. The van der Waals surface area contributed by atoms with Crippen LogP contribution in [0.4, 0.5) is 0 Å². The van der Waals surface area contributed by atoms with Gasteiger partial charge in [0.05, 0.1) is 0 Å². The lowest BCUT2D eigenvalue weighted by atomic mass is 10.0. The average molecular weight is 312 g/mol. The van der Waals surface area contributed by atoms with Gasteiger partial charge in [-0.1, -0.05) is 90.4 Å². The van der Waals surface area contributed by atoms with Crippen LogP contribution >= 0.6 is 11.6 Å². The second-order valence-electron chi connectivity index (χ2n) is 5.29. The molecule has 0 saturated heterocycles. The highest BCUT2D eigenvalue weighted by molar-refractivity contribution is 6.17. The molecule has 4 heteroatoms. The van der Waals surface area contributed by atoms with Crippen molar-refractivity contribution in [3.8, 4) is 0 Å². The molecular weight excluding hydrogens is 270 g/mol. The van der Waals surface area contributed by atoms with Crippen LogP contribution in [0.2, 0.25) is 0 Å². The zero-order valence-electron chi connectivity index (χ0n) is 14.1. The van der Waals surface area contributed by atoms with Crippen molar-refractivity contribution in [2.24, 2.45) is 0 Å². The Kier molecular flexibility index (Phi) is 39.0. The first-order valence-electron chi connectivity index (χ1n) is 7.97. The molecule has 0 aliphatic rings. The minimum Gasteiger partial charge on any atom is -0.344 e. The Labute approximate surface area is 133 Å². The van der Waals surface area contributed by atoms with Gasteiger partial charge in [-0.05, 0) is 6.42 Å². The van der Waals surface area contributed by atoms with Crippen LogP contribution in [0.25, 0.3) is 0 Å². The van der Waals surface area contributed by atoms with E-state index >= 15 is 0 Å². The molecule has 0 spiro atoms. The Bertz CT molecular complexity index is 121. The van der Waals surface area contributed by atoms with Crippen molar-refractivity contribution in [3.63, 3.8) is 0 Å². The van der Waals surface area contributed by atoms with Crippen LogP contribution < -0.4 is 18.5 Å². The van der Waals surface area contributed by atoms with Crippen molar-refractivity contribution in [1.82, 2.24) is 18.5 Å². The van der Waals surface area contributed by atoms with Crippen LogP contribution in [-0.2, 0) is 0 Å². The summed E-state index contributed by atoms with van der Waals surface area (Å²) >= 11 is 5.64. The van der Waals surface area contributed by atoms with Crippen molar-refractivity contribution < 1.29 is 0 Å². The van der Waals surface area contributed by atoms with Crippen LogP contribution in [0, 0.1) is 0 Å². The standard InChI is InChI=1S/C16H33Cl.3H3N/c1-2-3-4-5-6-7-8-9-10-11-12-13-14-15-16-17;;;/h2-16H2,1H3;3*1H3. The zero-order valence-corrected chi connectivity index (χ0v) is 14.9. The zero-order chi connectivity index (χ0) is 12.6. The molecule has 0 unspecified atom stereocenters. The molecule has 20 heavy (non-hydrogen) atoms. The van der Waals surface area contributed by atoms with Gasteiger partial charge in [-0.3, -0.25) is 0 Å². The van der Waals surface area contributed by atoms with Crippen molar-refractivity contribution >= 4 is 11.6 Å². The first-order chi connectivity index (χ1) is 8.41. The van der Waals surface area contributed by atoms with E-state index in [0.29, 0.717) is 0 Å². The Balaban J connectivity index is -0.000000427. The predicted molar refractivity (Wildman–Crippen MR) is 96.1 cm³/mol. The predicted octanol–water partition coefficient (Wildman–Crippen LogP) is 7.19. The molecule has 3 nitrogen and oxygen atoms in total. The number of hydrogen-bond donors (Lipinski definition) is 3. The largest absolute Gasteiger partial charge is 0.344 e. The van der Waals surface area contributed by atoms with Gasteiger partial charge < -0.3 is 18.5 Å². The normalized spacial score (nSPS) is 9.30. The Hall–Kier alpha value is 0.170.